The number of hydrogen-bond donors (Lipinski definition) is 1. The highest BCUT2D eigenvalue weighted by molar-refractivity contribution is 6.33. The molecule has 7 heteroatoms. The van der Waals surface area contributed by atoms with E-state index in [0.29, 0.717) is 34.5 Å². The van der Waals surface area contributed by atoms with Crippen molar-refractivity contribution in [3.05, 3.63) is 81.6 Å². The molecule has 0 atom stereocenters. The Morgan fingerprint density at radius 2 is 1.79 bits per heavy atom. The van der Waals surface area contributed by atoms with Gasteiger partial charge in [0.05, 0.1) is 17.8 Å². The molecule has 0 unspecified atom stereocenters. The Labute approximate surface area is 181 Å². The van der Waals surface area contributed by atoms with Gasteiger partial charge in [-0.25, -0.2) is 4.68 Å². The predicted octanol–water partition coefficient (Wildman–Crippen LogP) is 4.80. The first kappa shape index (κ1) is 21.2. The molecule has 0 saturated heterocycles. The molecule has 0 radical (unpaired) electrons. The number of nitrogens with one attached hydrogen (secondary N) is 1. The normalized spacial score (nSPS) is 10.8. The minimum atomic E-state index is -0.208. The van der Waals surface area contributed by atoms with Gasteiger partial charge >= 0.3 is 0 Å². The van der Waals surface area contributed by atoms with Gasteiger partial charge in [0.25, 0.3) is 5.91 Å². The molecule has 152 valence electrons. The van der Waals surface area contributed by atoms with Gasteiger partial charge in [0.15, 0.2) is 0 Å². The second-order valence-corrected chi connectivity index (χ2v) is 7.63. The number of nitrogens with zero attached hydrogens (tertiary/aromatic N) is 3. The summed E-state index contributed by atoms with van der Waals surface area (Å²) in [5, 5.41) is 8.33. The number of halogens is 2. The number of aryl methyl sites for hydroxylation is 1. The summed E-state index contributed by atoms with van der Waals surface area (Å²) in [6, 6.07) is 17.7. The number of benzene rings is 2. The van der Waals surface area contributed by atoms with Gasteiger partial charge < -0.3 is 10.2 Å². The van der Waals surface area contributed by atoms with E-state index >= 15 is 0 Å². The Balaban J connectivity index is 1.57. The van der Waals surface area contributed by atoms with Crippen LogP contribution in [0.3, 0.4) is 0 Å². The predicted molar refractivity (Wildman–Crippen MR) is 119 cm³/mol. The summed E-state index contributed by atoms with van der Waals surface area (Å²) in [6.07, 6.45) is 0.821. The first-order valence-corrected chi connectivity index (χ1v) is 10.2. The van der Waals surface area contributed by atoms with E-state index in [4.69, 9.17) is 23.2 Å². The number of hydrogen-bond acceptors (Lipinski definition) is 3. The van der Waals surface area contributed by atoms with Crippen LogP contribution < -0.4 is 10.2 Å². The first-order chi connectivity index (χ1) is 14.0. The maximum Gasteiger partial charge on any atom is 0.256 e. The molecule has 2 aromatic carbocycles. The molecule has 0 aliphatic carbocycles. The van der Waals surface area contributed by atoms with Crippen molar-refractivity contribution in [2.24, 2.45) is 0 Å². The lowest BCUT2D eigenvalue weighted by Gasteiger charge is -2.19. The van der Waals surface area contributed by atoms with Gasteiger partial charge in [-0.1, -0.05) is 59.6 Å². The van der Waals surface area contributed by atoms with Gasteiger partial charge in [0.2, 0.25) is 0 Å². The van der Waals surface area contributed by atoms with Crippen LogP contribution in [0.1, 0.15) is 28.0 Å². The van der Waals surface area contributed by atoms with E-state index in [9.17, 15) is 4.79 Å². The third-order valence-corrected chi connectivity index (χ3v) is 5.48. The van der Waals surface area contributed by atoms with Crippen LogP contribution in [0.25, 0.3) is 0 Å². The molecule has 3 rings (SSSR count). The van der Waals surface area contributed by atoms with Crippen LogP contribution in [-0.2, 0) is 6.54 Å². The van der Waals surface area contributed by atoms with Crippen molar-refractivity contribution < 1.29 is 4.79 Å². The second kappa shape index (κ2) is 9.81. The van der Waals surface area contributed by atoms with Crippen molar-refractivity contribution in [3.63, 3.8) is 0 Å². The van der Waals surface area contributed by atoms with Crippen LogP contribution in [0.4, 0.5) is 5.69 Å². The molecule has 1 heterocycles. The van der Waals surface area contributed by atoms with Crippen molar-refractivity contribution >= 4 is 34.8 Å². The quantitative estimate of drug-likeness (QED) is 0.521. The standard InChI is InChI=1S/C22H24Cl2N4O/c1-16-20(21(24)28(26-16)15-17-9-6-7-12-19(17)23)22(29)25-13-8-14-27(2)18-10-4-3-5-11-18/h3-7,9-12H,8,13-15H2,1-2H3,(H,25,29). The van der Waals surface area contributed by atoms with Crippen molar-refractivity contribution in [3.8, 4) is 0 Å². The third-order valence-electron chi connectivity index (χ3n) is 4.72. The number of aromatic nitrogens is 2. The van der Waals surface area contributed by atoms with Gasteiger partial charge in [-0.05, 0) is 37.1 Å². The zero-order valence-corrected chi connectivity index (χ0v) is 18.0. The lowest BCUT2D eigenvalue weighted by molar-refractivity contribution is 0.0953. The van der Waals surface area contributed by atoms with Crippen molar-refractivity contribution in [2.45, 2.75) is 19.9 Å². The van der Waals surface area contributed by atoms with Crippen LogP contribution in [0.2, 0.25) is 10.2 Å². The summed E-state index contributed by atoms with van der Waals surface area (Å²) in [7, 11) is 2.04. The van der Waals surface area contributed by atoms with Gasteiger partial charge in [-0.2, -0.15) is 5.10 Å². The Morgan fingerprint density at radius 3 is 2.52 bits per heavy atom. The summed E-state index contributed by atoms with van der Waals surface area (Å²) in [6.45, 7) is 3.59. The van der Waals surface area contributed by atoms with Crippen LogP contribution in [0.5, 0.6) is 0 Å². The maximum atomic E-state index is 12.6. The maximum absolute atomic E-state index is 12.6. The number of para-hydroxylation sites is 1. The zero-order chi connectivity index (χ0) is 20.8. The highest BCUT2D eigenvalue weighted by Gasteiger charge is 2.20. The molecule has 29 heavy (non-hydrogen) atoms. The van der Waals surface area contributed by atoms with Gasteiger partial charge in [-0.3, -0.25) is 4.79 Å². The zero-order valence-electron chi connectivity index (χ0n) is 16.5. The summed E-state index contributed by atoms with van der Waals surface area (Å²) in [5.41, 5.74) is 3.06. The molecule has 0 aliphatic heterocycles. The minimum Gasteiger partial charge on any atom is -0.375 e. The Kier molecular flexibility index (Phi) is 7.18. The third kappa shape index (κ3) is 5.31. The minimum absolute atomic E-state index is 0.208. The van der Waals surface area contributed by atoms with Crippen molar-refractivity contribution in [1.82, 2.24) is 15.1 Å². The lowest BCUT2D eigenvalue weighted by Crippen LogP contribution is -2.28. The highest BCUT2D eigenvalue weighted by atomic mass is 35.5. The number of rotatable bonds is 8. The fourth-order valence-electron chi connectivity index (χ4n) is 3.12. The molecule has 3 aromatic rings. The largest absolute Gasteiger partial charge is 0.375 e. The highest BCUT2D eigenvalue weighted by Crippen LogP contribution is 2.23. The molecule has 0 saturated carbocycles. The number of carbonyl (C=O) groups is 1. The monoisotopic (exact) mass is 430 g/mol. The number of carbonyl (C=O) groups excluding carboxylic acids is 1. The fraction of sp³-hybridized carbons (Fsp3) is 0.273. The summed E-state index contributed by atoms with van der Waals surface area (Å²) >= 11 is 12.7. The molecule has 0 bridgehead atoms. The summed E-state index contributed by atoms with van der Waals surface area (Å²) in [4.78, 5) is 14.8. The van der Waals surface area contributed by atoms with Crippen LogP contribution >= 0.6 is 23.2 Å². The van der Waals surface area contributed by atoms with E-state index < -0.39 is 0 Å². The molecular formula is C22H24Cl2N4O. The van der Waals surface area contributed by atoms with E-state index in [0.717, 1.165) is 24.2 Å². The fourth-order valence-corrected chi connectivity index (χ4v) is 3.64. The summed E-state index contributed by atoms with van der Waals surface area (Å²) in [5.74, 6) is -0.208. The smallest absolute Gasteiger partial charge is 0.256 e. The summed E-state index contributed by atoms with van der Waals surface area (Å²) < 4.78 is 1.61. The average molecular weight is 431 g/mol. The Hall–Kier alpha value is -2.50. The van der Waals surface area contributed by atoms with E-state index in [-0.39, 0.29) is 5.91 Å². The number of amides is 1. The van der Waals surface area contributed by atoms with Crippen LogP contribution in [-0.4, -0.2) is 35.8 Å². The molecule has 1 amide bonds. The topological polar surface area (TPSA) is 50.2 Å². The van der Waals surface area contributed by atoms with E-state index in [1.165, 1.54) is 0 Å². The van der Waals surface area contributed by atoms with Gasteiger partial charge in [-0.15, -0.1) is 0 Å². The SMILES string of the molecule is Cc1nn(Cc2ccccc2Cl)c(Cl)c1C(=O)NCCCN(C)c1ccccc1. The van der Waals surface area contributed by atoms with Crippen LogP contribution in [0.15, 0.2) is 54.6 Å². The molecule has 0 fully saturated rings. The second-order valence-electron chi connectivity index (χ2n) is 6.87. The molecule has 0 aliphatic rings. The Bertz CT molecular complexity index is 972. The van der Waals surface area contributed by atoms with E-state index in [1.807, 2.05) is 49.5 Å². The first-order valence-electron chi connectivity index (χ1n) is 9.48. The van der Waals surface area contributed by atoms with Crippen molar-refractivity contribution in [1.29, 1.82) is 0 Å². The molecule has 5 nitrogen and oxygen atoms in total. The van der Waals surface area contributed by atoms with Crippen molar-refractivity contribution in [2.75, 3.05) is 25.0 Å². The Morgan fingerprint density at radius 1 is 1.10 bits per heavy atom. The van der Waals surface area contributed by atoms with Crippen LogP contribution in [0, 0.1) is 6.92 Å². The average Bonchev–Trinajstić information content (AvgIpc) is 3.00. The van der Waals surface area contributed by atoms with E-state index in [1.54, 1.807) is 11.6 Å². The molecule has 1 N–H and O–H groups in total. The molecular weight excluding hydrogens is 407 g/mol. The van der Waals surface area contributed by atoms with Gasteiger partial charge in [0.1, 0.15) is 5.15 Å². The lowest BCUT2D eigenvalue weighted by atomic mass is 10.2. The van der Waals surface area contributed by atoms with Gasteiger partial charge in [0, 0.05) is 30.8 Å². The number of anilines is 1. The molecule has 1 aromatic heterocycles. The molecule has 0 spiro atoms. The van der Waals surface area contributed by atoms with E-state index in [2.05, 4.69) is 27.4 Å².